The van der Waals surface area contributed by atoms with Crippen molar-refractivity contribution in [2.45, 2.75) is 72.4 Å². The summed E-state index contributed by atoms with van der Waals surface area (Å²) < 4.78 is 83.8. The SMILES string of the molecule is Cc1nc2ccc(N3CCC(O)(c4ccccc4)CC3)cc2c(-c2ccc(S(C)(=O)=O)cc2)c1C(CF)C(=O)C(CF)c1c(C)nc2ccc(N3CCC(O)(c4ccccc4)CC3)cc2c1-c1ccc(S(C)(=O)=O)cc1. The van der Waals surface area contributed by atoms with Crippen molar-refractivity contribution < 1.29 is 40.6 Å². The molecule has 11 nitrogen and oxygen atoms in total. The summed E-state index contributed by atoms with van der Waals surface area (Å²) >= 11 is 0. The van der Waals surface area contributed by atoms with Crippen LogP contribution in [0.5, 0.6) is 0 Å². The molecule has 2 saturated heterocycles. The number of hydrogen-bond acceptors (Lipinski definition) is 11. The minimum atomic E-state index is -3.62. The number of ketones is 1. The number of piperidine rings is 2. The first-order chi connectivity index (χ1) is 36.3. The molecule has 0 aliphatic carbocycles. The normalized spacial score (nSPS) is 16.7. The summed E-state index contributed by atoms with van der Waals surface area (Å²) in [4.78, 5) is 30.0. The Morgan fingerprint density at radius 2 is 0.882 bits per heavy atom. The summed E-state index contributed by atoms with van der Waals surface area (Å²) in [5.74, 6) is -3.90. The largest absolute Gasteiger partial charge is 0.385 e. The molecule has 15 heteroatoms. The zero-order valence-corrected chi connectivity index (χ0v) is 44.5. The Morgan fingerprint density at radius 3 is 1.20 bits per heavy atom. The van der Waals surface area contributed by atoms with Crippen LogP contribution in [0.25, 0.3) is 44.1 Å². The molecule has 76 heavy (non-hydrogen) atoms. The van der Waals surface area contributed by atoms with Gasteiger partial charge in [0.25, 0.3) is 0 Å². The first-order valence-corrected chi connectivity index (χ1v) is 29.3. The van der Waals surface area contributed by atoms with Crippen molar-refractivity contribution in [3.05, 3.63) is 179 Å². The number of sulfone groups is 2. The number of alkyl halides is 2. The molecule has 4 heterocycles. The van der Waals surface area contributed by atoms with Gasteiger partial charge in [-0.3, -0.25) is 14.8 Å². The Morgan fingerprint density at radius 1 is 0.539 bits per heavy atom. The first-order valence-electron chi connectivity index (χ1n) is 25.5. The van der Waals surface area contributed by atoms with E-state index in [0.29, 0.717) is 107 Å². The second kappa shape index (κ2) is 20.6. The molecular weight excluding hydrogens is 1000 g/mol. The molecule has 0 radical (unpaired) electrons. The van der Waals surface area contributed by atoms with Gasteiger partial charge in [0.2, 0.25) is 0 Å². The molecular formula is C61H60F2N4O7S2. The van der Waals surface area contributed by atoms with E-state index in [1.54, 1.807) is 38.1 Å². The average molecular weight is 1060 g/mol. The average Bonchev–Trinajstić information content (AvgIpc) is 3.44. The highest BCUT2D eigenvalue weighted by molar-refractivity contribution is 7.91. The van der Waals surface area contributed by atoms with Crippen molar-refractivity contribution in [2.24, 2.45) is 0 Å². The molecule has 2 unspecified atom stereocenters. The molecule has 2 fully saturated rings. The highest BCUT2D eigenvalue weighted by Gasteiger charge is 2.39. The van der Waals surface area contributed by atoms with Crippen molar-refractivity contribution in [3.63, 3.8) is 0 Å². The lowest BCUT2D eigenvalue weighted by molar-refractivity contribution is -0.122. The Hall–Kier alpha value is -6.91. The van der Waals surface area contributed by atoms with Gasteiger partial charge in [-0.1, -0.05) is 84.9 Å². The molecule has 2 atom stereocenters. The number of Topliss-reactive ketones (excluding diaryl/α,β-unsaturated/α-hetero) is 1. The van der Waals surface area contributed by atoms with E-state index < -0.39 is 61.8 Å². The van der Waals surface area contributed by atoms with E-state index in [1.807, 2.05) is 97.1 Å². The molecule has 6 aromatic carbocycles. The van der Waals surface area contributed by atoms with Crippen LogP contribution in [0.2, 0.25) is 0 Å². The van der Waals surface area contributed by atoms with Gasteiger partial charge in [0.1, 0.15) is 13.3 Å². The van der Waals surface area contributed by atoms with E-state index in [1.165, 1.54) is 24.3 Å². The fraction of sp³-hybridized carbons (Fsp3) is 0.295. The lowest BCUT2D eigenvalue weighted by Gasteiger charge is -2.39. The molecule has 2 N–H and O–H groups in total. The number of anilines is 2. The van der Waals surface area contributed by atoms with Gasteiger partial charge in [0.15, 0.2) is 25.5 Å². The standard InChI is InChI=1S/C61H60F2N4O7S2/c1-39-55(57(41-15-21-47(22-16-41)75(3,71)72)49-35-45(19-25-53(49)64-39)66-31-27-60(69,28-32-66)43-11-7-5-8-12-43)51(37-62)59(68)52(38-63)56-40(2)65-54-26-20-46(67-33-29-61(70,30-34-67)44-13-9-6-10-14-44)36-50(54)58(56)42-17-23-48(24-18-42)76(4,73)74/h5-26,35-36,51-52,69-70H,27-34,37-38H2,1-4H3. The van der Waals surface area contributed by atoms with Crippen molar-refractivity contribution >= 4 is 58.6 Å². The van der Waals surface area contributed by atoms with Gasteiger partial charge in [-0.2, -0.15) is 0 Å². The quantitative estimate of drug-likeness (QED) is 0.107. The minimum absolute atomic E-state index is 0.0666. The predicted molar refractivity (Wildman–Crippen MR) is 296 cm³/mol. The number of pyridine rings is 2. The molecule has 2 aliphatic heterocycles. The summed E-state index contributed by atoms with van der Waals surface area (Å²) in [5.41, 5.74) is 5.37. The van der Waals surface area contributed by atoms with E-state index in [0.717, 1.165) is 35.0 Å². The molecule has 0 bridgehead atoms. The number of fused-ring (bicyclic) bond motifs is 2. The maximum Gasteiger partial charge on any atom is 0.175 e. The molecule has 0 spiro atoms. The van der Waals surface area contributed by atoms with Crippen molar-refractivity contribution in [2.75, 3.05) is 61.8 Å². The Bertz CT molecular complexity index is 3470. The highest BCUT2D eigenvalue weighted by atomic mass is 32.2. The lowest BCUT2D eigenvalue weighted by atomic mass is 9.78. The number of aryl methyl sites for hydroxylation is 2. The number of aliphatic hydroxyl groups is 2. The van der Waals surface area contributed by atoms with Crippen LogP contribution < -0.4 is 9.80 Å². The maximum atomic E-state index is 16.5. The third kappa shape index (κ3) is 10.0. The third-order valence-corrected chi connectivity index (χ3v) is 18.0. The molecule has 0 amide bonds. The number of aromatic nitrogens is 2. The molecule has 2 aromatic heterocycles. The van der Waals surface area contributed by atoms with E-state index in [9.17, 15) is 27.0 Å². The number of benzene rings is 6. The molecule has 392 valence electrons. The lowest BCUT2D eigenvalue weighted by Crippen LogP contribution is -2.42. The maximum absolute atomic E-state index is 16.5. The number of nitrogens with zero attached hydrogens (tertiary/aromatic N) is 4. The topological polar surface area (TPSA) is 158 Å². The number of hydrogen-bond donors (Lipinski definition) is 2. The van der Waals surface area contributed by atoms with Gasteiger partial charge < -0.3 is 20.0 Å². The Kier molecular flexibility index (Phi) is 14.2. The van der Waals surface area contributed by atoms with Crippen LogP contribution in [-0.4, -0.2) is 94.8 Å². The monoisotopic (exact) mass is 1060 g/mol. The number of carbonyl (C=O) groups excluding carboxylic acids is 1. The van der Waals surface area contributed by atoms with Gasteiger partial charge in [-0.25, -0.2) is 25.6 Å². The predicted octanol–water partition coefficient (Wildman–Crippen LogP) is 10.9. The zero-order chi connectivity index (χ0) is 53.7. The summed E-state index contributed by atoms with van der Waals surface area (Å²) in [7, 11) is -7.24. The molecule has 8 aromatic rings. The number of halogens is 2. The summed E-state index contributed by atoms with van der Waals surface area (Å²) in [6.45, 7) is 2.98. The van der Waals surface area contributed by atoms with Gasteiger partial charge in [-0.05, 0) is 145 Å². The van der Waals surface area contributed by atoms with Gasteiger partial charge >= 0.3 is 0 Å². The van der Waals surface area contributed by atoms with Crippen LogP contribution in [0, 0.1) is 13.8 Å². The third-order valence-electron chi connectivity index (χ3n) is 15.8. The van der Waals surface area contributed by atoms with Crippen LogP contribution in [-0.2, 0) is 35.7 Å². The molecule has 10 rings (SSSR count). The van der Waals surface area contributed by atoms with Crippen LogP contribution in [0.4, 0.5) is 20.2 Å². The van der Waals surface area contributed by atoms with Crippen LogP contribution in [0.15, 0.2) is 155 Å². The van der Waals surface area contributed by atoms with Crippen molar-refractivity contribution in [3.8, 4) is 22.3 Å². The second-order valence-electron chi connectivity index (χ2n) is 20.6. The van der Waals surface area contributed by atoms with Crippen LogP contribution in [0.1, 0.15) is 71.2 Å². The van der Waals surface area contributed by atoms with Crippen LogP contribution >= 0.6 is 0 Å². The molecule has 0 saturated carbocycles. The molecule has 2 aliphatic rings. The smallest absolute Gasteiger partial charge is 0.175 e. The highest BCUT2D eigenvalue weighted by Crippen LogP contribution is 2.46. The summed E-state index contributed by atoms with van der Waals surface area (Å²) in [6.07, 6.45) is 4.05. The zero-order valence-electron chi connectivity index (χ0n) is 42.9. The van der Waals surface area contributed by atoms with E-state index in [4.69, 9.17) is 9.97 Å². The number of rotatable bonds is 14. The summed E-state index contributed by atoms with van der Waals surface area (Å²) in [6, 6.07) is 43.0. The van der Waals surface area contributed by atoms with Gasteiger partial charge in [0.05, 0.1) is 43.9 Å². The van der Waals surface area contributed by atoms with Gasteiger partial charge in [0, 0.05) is 72.2 Å². The van der Waals surface area contributed by atoms with E-state index >= 15 is 13.6 Å². The Labute approximate surface area is 442 Å². The fourth-order valence-electron chi connectivity index (χ4n) is 11.6. The van der Waals surface area contributed by atoms with Crippen LogP contribution in [0.3, 0.4) is 0 Å². The van der Waals surface area contributed by atoms with E-state index in [-0.39, 0.29) is 20.9 Å². The van der Waals surface area contributed by atoms with Crippen molar-refractivity contribution in [1.82, 2.24) is 9.97 Å². The minimum Gasteiger partial charge on any atom is -0.385 e. The van der Waals surface area contributed by atoms with E-state index in [2.05, 4.69) is 9.80 Å². The Balaban J connectivity index is 1.10. The second-order valence-corrected chi connectivity index (χ2v) is 24.6. The van der Waals surface area contributed by atoms with Gasteiger partial charge in [-0.15, -0.1) is 0 Å². The number of carbonyl (C=O) groups is 1. The van der Waals surface area contributed by atoms with Crippen molar-refractivity contribution in [1.29, 1.82) is 0 Å². The fourth-order valence-corrected chi connectivity index (χ4v) is 12.8. The summed E-state index contributed by atoms with van der Waals surface area (Å²) in [5, 5.41) is 24.5. The first kappa shape index (κ1) is 52.5.